The summed E-state index contributed by atoms with van der Waals surface area (Å²) in [5.41, 5.74) is 1.50. The molecule has 102 valence electrons. The van der Waals surface area contributed by atoms with Crippen LogP contribution >= 0.6 is 0 Å². The van der Waals surface area contributed by atoms with Gasteiger partial charge in [-0.25, -0.2) is 14.6 Å². The van der Waals surface area contributed by atoms with Crippen LogP contribution in [0, 0.1) is 0 Å². The monoisotopic (exact) mass is 264 g/mol. The number of urea groups is 1. The zero-order chi connectivity index (χ0) is 14.0. The van der Waals surface area contributed by atoms with Crippen molar-refractivity contribution in [1.82, 2.24) is 19.8 Å². The second-order valence-electron chi connectivity index (χ2n) is 4.47. The summed E-state index contributed by atoms with van der Waals surface area (Å²) in [5, 5.41) is 9.26. The number of hydrogen-bond acceptors (Lipinski definition) is 3. The molecule has 1 aliphatic heterocycles. The van der Waals surface area contributed by atoms with E-state index >= 15 is 0 Å². The molecule has 2 heterocycles. The second-order valence-corrected chi connectivity index (χ2v) is 4.47. The predicted octanol–water partition coefficient (Wildman–Crippen LogP) is 0.459. The van der Waals surface area contributed by atoms with Crippen LogP contribution in [0.5, 0.6) is 0 Å². The van der Waals surface area contributed by atoms with Gasteiger partial charge in [0.1, 0.15) is 6.04 Å². The van der Waals surface area contributed by atoms with Gasteiger partial charge < -0.3 is 19.9 Å². The lowest BCUT2D eigenvalue weighted by Crippen LogP contribution is -2.52. The molecule has 1 atom stereocenters. The van der Waals surface area contributed by atoms with Crippen LogP contribution in [-0.4, -0.2) is 56.5 Å². The molecular weight excluding hydrogens is 248 g/mol. The topological polar surface area (TPSA) is 89.5 Å². The Labute approximate surface area is 110 Å². The molecule has 0 aliphatic carbocycles. The Morgan fingerprint density at radius 2 is 2.47 bits per heavy atom. The van der Waals surface area contributed by atoms with Crippen LogP contribution < -0.4 is 0 Å². The molecule has 7 heteroatoms. The van der Waals surface area contributed by atoms with Gasteiger partial charge in [0, 0.05) is 20.0 Å². The Morgan fingerprint density at radius 3 is 3.11 bits per heavy atom. The Morgan fingerprint density at radius 1 is 1.74 bits per heavy atom. The summed E-state index contributed by atoms with van der Waals surface area (Å²) in [5.74, 6) is -1.02. The minimum absolute atomic E-state index is 0.224. The summed E-state index contributed by atoms with van der Waals surface area (Å²) in [4.78, 5) is 33.3. The number of nitrogens with one attached hydrogen (secondary N) is 1. The molecule has 7 nitrogen and oxygen atoms in total. The molecule has 1 aromatic heterocycles. The molecule has 2 amide bonds. The number of aliphatic carboxylic acids is 1. The molecule has 0 aromatic carbocycles. The molecule has 1 aliphatic rings. The van der Waals surface area contributed by atoms with Gasteiger partial charge in [-0.15, -0.1) is 6.58 Å². The van der Waals surface area contributed by atoms with Gasteiger partial charge in [-0.05, 0) is 0 Å². The first kappa shape index (κ1) is 13.1. The van der Waals surface area contributed by atoms with Crippen molar-refractivity contribution in [2.45, 2.75) is 19.0 Å². The number of aromatic amines is 1. The largest absolute Gasteiger partial charge is 0.480 e. The highest BCUT2D eigenvalue weighted by Crippen LogP contribution is 2.21. The third-order valence-corrected chi connectivity index (χ3v) is 3.16. The van der Waals surface area contributed by atoms with Crippen LogP contribution in [0.4, 0.5) is 4.79 Å². The fourth-order valence-electron chi connectivity index (χ4n) is 2.15. The highest BCUT2D eigenvalue weighted by Gasteiger charge is 2.36. The van der Waals surface area contributed by atoms with Crippen molar-refractivity contribution < 1.29 is 14.7 Å². The van der Waals surface area contributed by atoms with E-state index in [1.807, 2.05) is 0 Å². The number of hydrogen-bond donors (Lipinski definition) is 2. The maximum atomic E-state index is 12.2. The van der Waals surface area contributed by atoms with Crippen molar-refractivity contribution in [2.75, 3.05) is 13.6 Å². The van der Waals surface area contributed by atoms with E-state index in [0.717, 1.165) is 5.69 Å². The van der Waals surface area contributed by atoms with Crippen molar-refractivity contribution in [2.24, 2.45) is 0 Å². The van der Waals surface area contributed by atoms with E-state index in [1.165, 1.54) is 16.1 Å². The highest BCUT2D eigenvalue weighted by molar-refractivity contribution is 5.83. The van der Waals surface area contributed by atoms with E-state index in [2.05, 4.69) is 16.5 Å². The normalized spacial score (nSPS) is 17.7. The number of H-pyrrole nitrogens is 1. The molecule has 1 unspecified atom stereocenters. The van der Waals surface area contributed by atoms with E-state index in [4.69, 9.17) is 0 Å². The number of imidazole rings is 1. The zero-order valence-electron chi connectivity index (χ0n) is 10.7. The fraction of sp³-hybridized carbons (Fsp3) is 0.417. The molecule has 0 fully saturated rings. The molecule has 1 aromatic rings. The van der Waals surface area contributed by atoms with E-state index in [-0.39, 0.29) is 19.0 Å². The Hall–Kier alpha value is -2.31. The van der Waals surface area contributed by atoms with E-state index in [1.54, 1.807) is 13.1 Å². The zero-order valence-corrected chi connectivity index (χ0v) is 10.7. The molecule has 2 N–H and O–H groups in total. The number of carboxylic acids is 1. The first-order valence-electron chi connectivity index (χ1n) is 5.91. The average Bonchev–Trinajstić information content (AvgIpc) is 2.83. The minimum atomic E-state index is -1.02. The van der Waals surface area contributed by atoms with Gasteiger partial charge in [-0.2, -0.15) is 0 Å². The van der Waals surface area contributed by atoms with E-state index < -0.39 is 12.0 Å². The summed E-state index contributed by atoms with van der Waals surface area (Å²) < 4.78 is 0. The molecule has 0 bridgehead atoms. The lowest BCUT2D eigenvalue weighted by atomic mass is 10.0. The van der Waals surface area contributed by atoms with Crippen LogP contribution in [0.3, 0.4) is 0 Å². The van der Waals surface area contributed by atoms with Gasteiger partial charge in [0.2, 0.25) is 0 Å². The number of fused-ring (bicyclic) bond motifs is 1. The van der Waals surface area contributed by atoms with Gasteiger partial charge in [0.15, 0.2) is 0 Å². The second kappa shape index (κ2) is 5.13. The summed E-state index contributed by atoms with van der Waals surface area (Å²) >= 11 is 0. The van der Waals surface area contributed by atoms with Crippen molar-refractivity contribution in [1.29, 1.82) is 0 Å². The van der Waals surface area contributed by atoms with E-state index in [9.17, 15) is 14.7 Å². The summed E-state index contributed by atoms with van der Waals surface area (Å²) in [6, 6.07) is -1.21. The molecule has 2 rings (SSSR count). The summed E-state index contributed by atoms with van der Waals surface area (Å²) in [6.07, 6.45) is 3.34. The number of nitrogens with zero attached hydrogens (tertiary/aromatic N) is 3. The van der Waals surface area contributed by atoms with Crippen molar-refractivity contribution in [3.05, 3.63) is 30.4 Å². The number of rotatable bonds is 3. The maximum absolute atomic E-state index is 12.2. The standard InChI is InChI=1S/C12H16N4O3/c1-3-4-15(2)12(19)16-6-9-8(13-7-14-9)5-10(16)11(17)18/h3,7,10H,1,4-6H2,2H3,(H,13,14)(H,17,18). The molecule has 0 spiro atoms. The number of carbonyl (C=O) groups excluding carboxylic acids is 1. The Balaban J connectivity index is 2.24. The lowest BCUT2D eigenvalue weighted by Gasteiger charge is -2.34. The Bertz CT molecular complexity index is 511. The van der Waals surface area contributed by atoms with Gasteiger partial charge in [-0.3, -0.25) is 0 Å². The molecule has 0 saturated carbocycles. The quantitative estimate of drug-likeness (QED) is 0.776. The lowest BCUT2D eigenvalue weighted by molar-refractivity contribution is -0.142. The molecular formula is C12H16N4O3. The van der Waals surface area contributed by atoms with Crippen LogP contribution in [-0.2, 0) is 17.8 Å². The highest BCUT2D eigenvalue weighted by atomic mass is 16.4. The number of likely N-dealkylation sites (N-methyl/N-ethyl adjacent to an activating group) is 1. The number of aromatic nitrogens is 2. The van der Waals surface area contributed by atoms with Crippen molar-refractivity contribution in [3.63, 3.8) is 0 Å². The Kier molecular flexibility index (Phi) is 3.55. The van der Waals surface area contributed by atoms with Crippen molar-refractivity contribution in [3.8, 4) is 0 Å². The van der Waals surface area contributed by atoms with Crippen LogP contribution in [0.15, 0.2) is 19.0 Å². The molecule has 19 heavy (non-hydrogen) atoms. The predicted molar refractivity (Wildman–Crippen MR) is 67.5 cm³/mol. The smallest absolute Gasteiger partial charge is 0.326 e. The van der Waals surface area contributed by atoms with Gasteiger partial charge >= 0.3 is 12.0 Å². The first-order chi connectivity index (χ1) is 9.04. The number of carbonyl (C=O) groups is 2. The third kappa shape index (κ3) is 2.44. The molecule has 0 radical (unpaired) electrons. The van der Waals surface area contributed by atoms with Crippen LogP contribution in [0.2, 0.25) is 0 Å². The van der Waals surface area contributed by atoms with Crippen molar-refractivity contribution >= 4 is 12.0 Å². The fourth-order valence-corrected chi connectivity index (χ4v) is 2.15. The minimum Gasteiger partial charge on any atom is -0.480 e. The third-order valence-electron chi connectivity index (χ3n) is 3.16. The number of amides is 2. The average molecular weight is 264 g/mol. The van der Waals surface area contributed by atoms with Gasteiger partial charge in [0.05, 0.1) is 24.3 Å². The summed E-state index contributed by atoms with van der Waals surface area (Å²) in [6.45, 7) is 4.17. The number of carboxylic acid groups (broad SMARTS) is 1. The first-order valence-corrected chi connectivity index (χ1v) is 5.91. The van der Waals surface area contributed by atoms with Gasteiger partial charge in [-0.1, -0.05) is 6.08 Å². The summed E-state index contributed by atoms with van der Waals surface area (Å²) in [7, 11) is 1.62. The van der Waals surface area contributed by atoms with Crippen LogP contribution in [0.1, 0.15) is 11.4 Å². The maximum Gasteiger partial charge on any atom is 0.326 e. The molecule has 0 saturated heterocycles. The van der Waals surface area contributed by atoms with Crippen LogP contribution in [0.25, 0.3) is 0 Å². The SMILES string of the molecule is C=CCN(C)C(=O)N1Cc2[nH]cnc2CC1C(=O)O. The van der Waals surface area contributed by atoms with E-state index in [0.29, 0.717) is 12.2 Å². The van der Waals surface area contributed by atoms with Gasteiger partial charge in [0.25, 0.3) is 0 Å².